The lowest BCUT2D eigenvalue weighted by Crippen LogP contribution is -2.15. The minimum absolute atomic E-state index is 0.315. The molecular formula is C12H20N6. The first-order chi connectivity index (χ1) is 8.54. The zero-order chi connectivity index (χ0) is 13.3. The molecule has 0 spiro atoms. The van der Waals surface area contributed by atoms with Crippen molar-refractivity contribution in [3.63, 3.8) is 0 Å². The molecule has 2 aromatic rings. The van der Waals surface area contributed by atoms with Gasteiger partial charge in [-0.25, -0.2) is 9.66 Å². The molecule has 6 nitrogen and oxygen atoms in total. The summed E-state index contributed by atoms with van der Waals surface area (Å²) in [5, 5.41) is 4.29. The van der Waals surface area contributed by atoms with Gasteiger partial charge >= 0.3 is 0 Å². The van der Waals surface area contributed by atoms with Crippen LogP contribution in [0.5, 0.6) is 0 Å². The molecule has 2 rings (SSSR count). The van der Waals surface area contributed by atoms with Crippen LogP contribution in [0.15, 0.2) is 12.4 Å². The van der Waals surface area contributed by atoms with Gasteiger partial charge in [0, 0.05) is 24.2 Å². The van der Waals surface area contributed by atoms with Gasteiger partial charge in [0.1, 0.15) is 11.5 Å². The van der Waals surface area contributed by atoms with Crippen molar-refractivity contribution in [3.05, 3.63) is 18.2 Å². The number of hydrogen-bond acceptors (Lipinski definition) is 4. The van der Waals surface area contributed by atoms with Gasteiger partial charge in [-0.1, -0.05) is 6.92 Å². The van der Waals surface area contributed by atoms with E-state index in [0.717, 1.165) is 24.2 Å². The van der Waals surface area contributed by atoms with Crippen molar-refractivity contribution in [2.24, 2.45) is 0 Å². The fraction of sp³-hybridized carbons (Fsp3) is 0.500. The molecule has 0 bridgehead atoms. The lowest BCUT2D eigenvalue weighted by molar-refractivity contribution is 0.532. The molecule has 0 atom stereocenters. The van der Waals surface area contributed by atoms with Gasteiger partial charge in [-0.2, -0.15) is 5.10 Å². The van der Waals surface area contributed by atoms with Crippen molar-refractivity contribution >= 4 is 5.82 Å². The van der Waals surface area contributed by atoms with Crippen LogP contribution < -0.4 is 11.6 Å². The minimum atomic E-state index is 0.315. The second-order valence-corrected chi connectivity index (χ2v) is 4.68. The van der Waals surface area contributed by atoms with Crippen LogP contribution in [0.4, 0.5) is 5.82 Å². The topological polar surface area (TPSA) is 87.7 Å². The zero-order valence-electron chi connectivity index (χ0n) is 11.1. The summed E-state index contributed by atoms with van der Waals surface area (Å²) in [6.45, 7) is 6.23. The Bertz CT molecular complexity index is 537. The maximum Gasteiger partial charge on any atom is 0.150 e. The summed E-state index contributed by atoms with van der Waals surface area (Å²) in [5.41, 5.74) is 7.61. The van der Waals surface area contributed by atoms with E-state index in [4.69, 9.17) is 11.6 Å². The number of imidazole rings is 1. The number of rotatable bonds is 4. The first-order valence-corrected chi connectivity index (χ1v) is 6.21. The predicted octanol–water partition coefficient (Wildman–Crippen LogP) is 1.58. The summed E-state index contributed by atoms with van der Waals surface area (Å²) >= 11 is 0. The summed E-state index contributed by atoms with van der Waals surface area (Å²) in [4.78, 5) is 4.50. The molecule has 0 aliphatic carbocycles. The Morgan fingerprint density at radius 1 is 1.39 bits per heavy atom. The van der Waals surface area contributed by atoms with Crippen molar-refractivity contribution in [2.45, 2.75) is 39.7 Å². The minimum Gasteiger partial charge on any atom is -0.382 e. The first kappa shape index (κ1) is 12.5. The number of nitrogens with zero attached hydrogens (tertiary/aromatic N) is 4. The molecule has 18 heavy (non-hydrogen) atoms. The maximum atomic E-state index is 5.99. The lowest BCUT2D eigenvalue weighted by atomic mass is 10.2. The Hall–Kier alpha value is -1.98. The Balaban J connectivity index is 2.40. The molecular weight excluding hydrogens is 228 g/mol. The standard InChI is InChI=1S/C12H20N6/c1-4-5-10-16-11(12(13)18(10)14)9-6-15-17(7-9)8(2)3/h6-8H,4-5,13-14H2,1-3H3. The third-order valence-electron chi connectivity index (χ3n) is 2.90. The molecule has 0 saturated heterocycles. The molecule has 0 unspecified atom stereocenters. The van der Waals surface area contributed by atoms with Gasteiger partial charge in [-0.3, -0.25) is 4.68 Å². The van der Waals surface area contributed by atoms with E-state index in [2.05, 4.69) is 30.9 Å². The molecule has 0 aliphatic heterocycles. The van der Waals surface area contributed by atoms with Crippen LogP contribution in [-0.4, -0.2) is 19.4 Å². The van der Waals surface area contributed by atoms with Gasteiger partial charge in [0.2, 0.25) is 0 Å². The van der Waals surface area contributed by atoms with Gasteiger partial charge in [0.05, 0.1) is 6.20 Å². The van der Waals surface area contributed by atoms with Gasteiger partial charge in [-0.05, 0) is 20.3 Å². The highest BCUT2D eigenvalue weighted by Crippen LogP contribution is 2.25. The number of nitrogen functional groups attached to an aromatic ring is 2. The smallest absolute Gasteiger partial charge is 0.150 e. The summed E-state index contributed by atoms with van der Waals surface area (Å²) in [6.07, 6.45) is 5.52. The SMILES string of the molecule is CCCc1nc(-c2cnn(C(C)C)c2)c(N)n1N. The largest absolute Gasteiger partial charge is 0.382 e. The Morgan fingerprint density at radius 3 is 2.67 bits per heavy atom. The molecule has 0 radical (unpaired) electrons. The molecule has 0 aromatic carbocycles. The summed E-state index contributed by atoms with van der Waals surface area (Å²) < 4.78 is 3.34. The third-order valence-corrected chi connectivity index (χ3v) is 2.90. The highest BCUT2D eigenvalue weighted by atomic mass is 15.4. The highest BCUT2D eigenvalue weighted by Gasteiger charge is 2.15. The van der Waals surface area contributed by atoms with E-state index >= 15 is 0 Å². The van der Waals surface area contributed by atoms with Crippen LogP contribution in [-0.2, 0) is 6.42 Å². The van der Waals surface area contributed by atoms with E-state index in [0.29, 0.717) is 17.6 Å². The normalized spacial score (nSPS) is 11.3. The average Bonchev–Trinajstić information content (AvgIpc) is 2.90. The van der Waals surface area contributed by atoms with E-state index in [1.54, 1.807) is 6.20 Å². The monoisotopic (exact) mass is 248 g/mol. The molecule has 2 heterocycles. The van der Waals surface area contributed by atoms with E-state index in [1.807, 2.05) is 10.9 Å². The quantitative estimate of drug-likeness (QED) is 0.804. The van der Waals surface area contributed by atoms with E-state index < -0.39 is 0 Å². The molecule has 0 aliphatic rings. The fourth-order valence-electron chi connectivity index (χ4n) is 1.85. The van der Waals surface area contributed by atoms with Crippen molar-refractivity contribution in [2.75, 3.05) is 11.6 Å². The maximum absolute atomic E-state index is 5.99. The number of aryl methyl sites for hydroxylation is 1. The van der Waals surface area contributed by atoms with Crippen LogP contribution in [0.2, 0.25) is 0 Å². The highest BCUT2D eigenvalue weighted by molar-refractivity contribution is 5.70. The van der Waals surface area contributed by atoms with Crippen LogP contribution in [0.25, 0.3) is 11.3 Å². The van der Waals surface area contributed by atoms with Crippen LogP contribution in [0.1, 0.15) is 39.1 Å². The first-order valence-electron chi connectivity index (χ1n) is 6.21. The number of aromatic nitrogens is 4. The Morgan fingerprint density at radius 2 is 2.11 bits per heavy atom. The Kier molecular flexibility index (Phi) is 3.27. The molecule has 6 heteroatoms. The average molecular weight is 248 g/mol. The van der Waals surface area contributed by atoms with Crippen molar-refractivity contribution < 1.29 is 0 Å². The summed E-state index contributed by atoms with van der Waals surface area (Å²) in [5.74, 6) is 7.19. The second kappa shape index (κ2) is 4.72. The number of hydrogen-bond donors (Lipinski definition) is 2. The van der Waals surface area contributed by atoms with Gasteiger partial charge in [0.25, 0.3) is 0 Å². The molecule has 98 valence electrons. The number of anilines is 1. The van der Waals surface area contributed by atoms with E-state index in [1.165, 1.54) is 4.68 Å². The summed E-state index contributed by atoms with van der Waals surface area (Å²) in [7, 11) is 0. The Labute approximate surface area is 107 Å². The van der Waals surface area contributed by atoms with Crippen molar-refractivity contribution in [1.29, 1.82) is 0 Å². The van der Waals surface area contributed by atoms with Gasteiger partial charge in [-0.15, -0.1) is 0 Å². The number of nitrogens with two attached hydrogens (primary N) is 2. The predicted molar refractivity (Wildman–Crippen MR) is 72.4 cm³/mol. The molecule has 4 N–H and O–H groups in total. The molecule has 2 aromatic heterocycles. The fourth-order valence-corrected chi connectivity index (χ4v) is 1.85. The van der Waals surface area contributed by atoms with Crippen molar-refractivity contribution in [3.8, 4) is 11.3 Å². The van der Waals surface area contributed by atoms with Gasteiger partial charge in [0.15, 0.2) is 5.82 Å². The molecule has 0 saturated carbocycles. The van der Waals surface area contributed by atoms with Crippen LogP contribution in [0, 0.1) is 0 Å². The zero-order valence-corrected chi connectivity index (χ0v) is 11.1. The second-order valence-electron chi connectivity index (χ2n) is 4.68. The molecule has 0 fully saturated rings. The van der Waals surface area contributed by atoms with E-state index in [-0.39, 0.29) is 0 Å². The van der Waals surface area contributed by atoms with Gasteiger partial charge < -0.3 is 11.6 Å². The van der Waals surface area contributed by atoms with Crippen LogP contribution in [0.3, 0.4) is 0 Å². The van der Waals surface area contributed by atoms with Crippen LogP contribution >= 0.6 is 0 Å². The lowest BCUT2D eigenvalue weighted by Gasteiger charge is -2.02. The van der Waals surface area contributed by atoms with E-state index in [9.17, 15) is 0 Å². The van der Waals surface area contributed by atoms with Crippen molar-refractivity contribution in [1.82, 2.24) is 19.4 Å². The third kappa shape index (κ3) is 2.05. The summed E-state index contributed by atoms with van der Waals surface area (Å²) in [6, 6.07) is 0.315. The molecule has 0 amide bonds.